The Morgan fingerprint density at radius 1 is 1.32 bits per heavy atom. The Morgan fingerprint density at radius 3 is 2.77 bits per heavy atom. The second kappa shape index (κ2) is 6.54. The Bertz CT molecular complexity index is 537. The summed E-state index contributed by atoms with van der Waals surface area (Å²) in [5.41, 5.74) is 1.18. The average Bonchev–Trinajstić information content (AvgIpc) is 2.88. The third-order valence-corrected chi connectivity index (χ3v) is 5.95. The van der Waals surface area contributed by atoms with Gasteiger partial charge in [0.05, 0.1) is 27.7 Å². The van der Waals surface area contributed by atoms with Gasteiger partial charge in [0.2, 0.25) is 0 Å². The van der Waals surface area contributed by atoms with E-state index >= 15 is 0 Å². The maximum Gasteiger partial charge on any atom is 0.317 e. The van der Waals surface area contributed by atoms with Gasteiger partial charge in [-0.2, -0.15) is 0 Å². The van der Waals surface area contributed by atoms with Crippen molar-refractivity contribution in [2.45, 2.75) is 70.1 Å². The number of thiazole rings is 1. The number of aliphatic hydroxyl groups excluding tert-OH is 1. The number of nitrogens with one attached hydrogen (secondary N) is 1. The molecule has 1 unspecified atom stereocenters. The summed E-state index contributed by atoms with van der Waals surface area (Å²) in [7, 11) is 1.89. The fourth-order valence-electron chi connectivity index (χ4n) is 3.53. The average molecular weight is 323 g/mol. The number of aromatic nitrogens is 1. The van der Waals surface area contributed by atoms with Crippen LogP contribution >= 0.6 is 11.3 Å². The molecule has 6 heteroatoms. The van der Waals surface area contributed by atoms with E-state index < -0.39 is 0 Å². The van der Waals surface area contributed by atoms with Crippen molar-refractivity contribution < 1.29 is 9.90 Å². The molecule has 22 heavy (non-hydrogen) atoms. The lowest BCUT2D eigenvalue weighted by Crippen LogP contribution is -2.46. The predicted octanol–water partition coefficient (Wildman–Crippen LogP) is 2.77. The molecule has 3 rings (SSSR count). The summed E-state index contributed by atoms with van der Waals surface area (Å²) >= 11 is 1.72. The Labute approximate surface area is 135 Å². The van der Waals surface area contributed by atoms with Crippen LogP contribution in [0.1, 0.15) is 60.1 Å². The largest absolute Gasteiger partial charge is 0.393 e. The maximum atomic E-state index is 12.5. The number of amides is 2. The van der Waals surface area contributed by atoms with Gasteiger partial charge in [-0.05, 0) is 51.9 Å². The van der Waals surface area contributed by atoms with Crippen LogP contribution in [0.2, 0.25) is 0 Å². The van der Waals surface area contributed by atoms with Crippen LogP contribution in [0.4, 0.5) is 4.79 Å². The van der Waals surface area contributed by atoms with Gasteiger partial charge in [-0.3, -0.25) is 0 Å². The molecule has 2 aliphatic rings. The molecule has 5 nitrogen and oxygen atoms in total. The number of urea groups is 1. The molecule has 1 aromatic heterocycles. The molecule has 0 aliphatic heterocycles. The van der Waals surface area contributed by atoms with Crippen LogP contribution in [-0.2, 0) is 6.42 Å². The fourth-order valence-corrected chi connectivity index (χ4v) is 4.68. The third-order valence-electron chi connectivity index (χ3n) is 4.84. The first-order valence-electron chi connectivity index (χ1n) is 8.22. The smallest absolute Gasteiger partial charge is 0.317 e. The summed E-state index contributed by atoms with van der Waals surface area (Å²) in [6.07, 6.45) is 6.27. The molecule has 1 heterocycles. The van der Waals surface area contributed by atoms with Crippen molar-refractivity contribution in [2.24, 2.45) is 0 Å². The molecule has 0 saturated heterocycles. The van der Waals surface area contributed by atoms with Crippen molar-refractivity contribution in [1.82, 2.24) is 15.2 Å². The van der Waals surface area contributed by atoms with Gasteiger partial charge < -0.3 is 15.3 Å². The van der Waals surface area contributed by atoms with Crippen molar-refractivity contribution in [3.05, 3.63) is 15.6 Å². The highest BCUT2D eigenvalue weighted by Gasteiger charge is 2.30. The van der Waals surface area contributed by atoms with E-state index in [-0.39, 0.29) is 24.2 Å². The van der Waals surface area contributed by atoms with Gasteiger partial charge in [-0.25, -0.2) is 9.78 Å². The summed E-state index contributed by atoms with van der Waals surface area (Å²) in [6, 6.07) is 0.360. The topological polar surface area (TPSA) is 65.5 Å². The number of nitrogens with zero attached hydrogens (tertiary/aromatic N) is 2. The van der Waals surface area contributed by atoms with Crippen molar-refractivity contribution >= 4 is 17.4 Å². The minimum absolute atomic E-state index is 0.00490. The molecule has 1 fully saturated rings. The second-order valence-electron chi connectivity index (χ2n) is 6.52. The molecule has 1 atom stereocenters. The maximum absolute atomic E-state index is 12.5. The molecule has 0 spiro atoms. The van der Waals surface area contributed by atoms with Gasteiger partial charge in [0, 0.05) is 13.1 Å². The Balaban J connectivity index is 1.64. The summed E-state index contributed by atoms with van der Waals surface area (Å²) in [5, 5.41) is 13.8. The highest BCUT2D eigenvalue weighted by Crippen LogP contribution is 2.37. The summed E-state index contributed by atoms with van der Waals surface area (Å²) < 4.78 is 0. The number of carbonyl (C=O) groups excluding carboxylic acids is 1. The molecule has 2 amide bonds. The first-order valence-corrected chi connectivity index (χ1v) is 9.04. The highest BCUT2D eigenvalue weighted by atomic mass is 32.1. The lowest BCUT2D eigenvalue weighted by atomic mass is 9.93. The molecule has 0 radical (unpaired) electrons. The minimum Gasteiger partial charge on any atom is -0.393 e. The van der Waals surface area contributed by atoms with Crippen LogP contribution in [0.3, 0.4) is 0 Å². The highest BCUT2D eigenvalue weighted by molar-refractivity contribution is 7.11. The Morgan fingerprint density at radius 2 is 2.05 bits per heavy atom. The summed E-state index contributed by atoms with van der Waals surface area (Å²) in [4.78, 5) is 20.3. The first-order chi connectivity index (χ1) is 10.5. The van der Waals surface area contributed by atoms with Crippen LogP contribution in [0.25, 0.3) is 0 Å². The van der Waals surface area contributed by atoms with Crippen molar-refractivity contribution in [1.29, 1.82) is 0 Å². The molecular formula is C16H25N3O2S. The first kappa shape index (κ1) is 15.7. The molecule has 1 saturated carbocycles. The van der Waals surface area contributed by atoms with Crippen molar-refractivity contribution in [3.63, 3.8) is 0 Å². The van der Waals surface area contributed by atoms with E-state index in [4.69, 9.17) is 0 Å². The van der Waals surface area contributed by atoms with Gasteiger partial charge >= 0.3 is 6.03 Å². The zero-order valence-electron chi connectivity index (χ0n) is 13.3. The minimum atomic E-state index is -0.188. The van der Waals surface area contributed by atoms with Crippen LogP contribution in [0.5, 0.6) is 0 Å². The number of rotatable bonds is 2. The van der Waals surface area contributed by atoms with E-state index in [1.807, 2.05) is 18.9 Å². The van der Waals surface area contributed by atoms with Gasteiger partial charge in [-0.1, -0.05) is 0 Å². The molecule has 122 valence electrons. The molecule has 0 aromatic carbocycles. The molecule has 2 aliphatic carbocycles. The Hall–Kier alpha value is -1.14. The van der Waals surface area contributed by atoms with Gasteiger partial charge in [-0.15, -0.1) is 11.3 Å². The Kier molecular flexibility index (Phi) is 4.68. The van der Waals surface area contributed by atoms with Gasteiger partial charge in [0.1, 0.15) is 0 Å². The number of fused-ring (bicyclic) bond motifs is 1. The zero-order chi connectivity index (χ0) is 15.7. The van der Waals surface area contributed by atoms with Crippen LogP contribution in [-0.4, -0.2) is 40.2 Å². The number of aliphatic hydroxyl groups is 1. The van der Waals surface area contributed by atoms with Crippen molar-refractivity contribution in [3.8, 4) is 0 Å². The van der Waals surface area contributed by atoms with E-state index in [0.29, 0.717) is 0 Å². The lowest BCUT2D eigenvalue weighted by molar-refractivity contribution is 0.114. The predicted molar refractivity (Wildman–Crippen MR) is 87.1 cm³/mol. The second-order valence-corrected chi connectivity index (χ2v) is 7.75. The molecule has 1 aromatic rings. The quantitative estimate of drug-likeness (QED) is 0.879. The van der Waals surface area contributed by atoms with Gasteiger partial charge in [0.15, 0.2) is 0 Å². The SMILES string of the molecule is Cc1nc2c(s1)C(N(C)C(=O)NC1CCC(O)CC1)CCC2. The summed E-state index contributed by atoms with van der Waals surface area (Å²) in [6.45, 7) is 2.04. The van der Waals surface area contributed by atoms with E-state index in [1.54, 1.807) is 11.3 Å². The van der Waals surface area contributed by atoms with Crippen LogP contribution in [0, 0.1) is 6.92 Å². The van der Waals surface area contributed by atoms with Crippen LogP contribution in [0.15, 0.2) is 0 Å². The van der Waals surface area contributed by atoms with Gasteiger partial charge in [0.25, 0.3) is 0 Å². The number of aryl methyl sites for hydroxylation is 2. The van der Waals surface area contributed by atoms with E-state index in [9.17, 15) is 9.90 Å². The van der Waals surface area contributed by atoms with E-state index in [0.717, 1.165) is 50.0 Å². The monoisotopic (exact) mass is 323 g/mol. The van der Waals surface area contributed by atoms with E-state index in [2.05, 4.69) is 10.3 Å². The zero-order valence-corrected chi connectivity index (χ0v) is 14.2. The van der Waals surface area contributed by atoms with E-state index in [1.165, 1.54) is 10.6 Å². The molecule has 0 bridgehead atoms. The lowest BCUT2D eigenvalue weighted by Gasteiger charge is -2.33. The number of hydrogen-bond acceptors (Lipinski definition) is 4. The van der Waals surface area contributed by atoms with Crippen LogP contribution < -0.4 is 5.32 Å². The van der Waals surface area contributed by atoms with Crippen molar-refractivity contribution in [2.75, 3.05) is 7.05 Å². The fraction of sp³-hybridized carbons (Fsp3) is 0.750. The third kappa shape index (κ3) is 3.27. The normalized spacial score (nSPS) is 28.0. The number of carbonyl (C=O) groups is 1. The standard InChI is InChI=1S/C16H25N3O2S/c1-10-17-13-4-3-5-14(15(13)22-10)19(2)16(21)18-11-6-8-12(20)9-7-11/h11-12,14,20H,3-9H2,1-2H3,(H,18,21). The molecule has 2 N–H and O–H groups in total. The number of hydrogen-bond donors (Lipinski definition) is 2. The molecular weight excluding hydrogens is 298 g/mol. The summed E-state index contributed by atoms with van der Waals surface area (Å²) in [5.74, 6) is 0.